The average Bonchev–Trinajstić information content (AvgIpc) is 2.77. The maximum absolute atomic E-state index is 5.44. The van der Waals surface area contributed by atoms with E-state index in [2.05, 4.69) is 83.5 Å². The van der Waals surface area contributed by atoms with Crippen molar-refractivity contribution < 1.29 is 4.74 Å². The van der Waals surface area contributed by atoms with Crippen LogP contribution in [0.5, 0.6) is 0 Å². The van der Waals surface area contributed by atoms with Gasteiger partial charge in [0.05, 0.1) is 24.6 Å². The monoisotopic (exact) mass is 386 g/mol. The molecule has 1 saturated heterocycles. The van der Waals surface area contributed by atoms with E-state index in [0.29, 0.717) is 0 Å². The molecule has 5 rings (SSSR count). The summed E-state index contributed by atoms with van der Waals surface area (Å²) in [6.07, 6.45) is 0. The fraction of sp³-hybridized carbons (Fsp3) is 0.167. The highest BCUT2D eigenvalue weighted by Crippen LogP contribution is 2.44. The maximum atomic E-state index is 5.44. The number of rotatable bonds is 3. The molecule has 3 aromatic rings. The fourth-order valence-corrected chi connectivity index (χ4v) is 4.66. The number of anilines is 3. The lowest BCUT2D eigenvalue weighted by molar-refractivity contribution is 0.122. The minimum absolute atomic E-state index is 0.803. The van der Waals surface area contributed by atoms with E-state index in [9.17, 15) is 0 Å². The summed E-state index contributed by atoms with van der Waals surface area (Å²) in [6.45, 7) is 7.88. The first-order valence-corrected chi connectivity index (χ1v) is 10.4. The van der Waals surface area contributed by atoms with Gasteiger partial charge in [-0.05, 0) is 53.1 Å². The zero-order valence-electron chi connectivity index (χ0n) is 15.7. The van der Waals surface area contributed by atoms with Crippen molar-refractivity contribution in [1.29, 1.82) is 0 Å². The topological polar surface area (TPSA) is 24.5 Å². The van der Waals surface area contributed by atoms with E-state index in [-0.39, 0.29) is 0 Å². The second-order valence-electron chi connectivity index (χ2n) is 7.06. The van der Waals surface area contributed by atoms with Crippen molar-refractivity contribution in [3.8, 4) is 0 Å². The molecule has 28 heavy (non-hydrogen) atoms. The van der Waals surface area contributed by atoms with Gasteiger partial charge in [0.25, 0.3) is 0 Å². The Hall–Kier alpha value is -2.69. The molecule has 0 amide bonds. The molecule has 1 fully saturated rings. The van der Waals surface area contributed by atoms with Crippen LogP contribution in [0.15, 0.2) is 83.1 Å². The normalized spacial score (nSPS) is 15.4. The Morgan fingerprint density at radius 2 is 1.57 bits per heavy atom. The minimum atomic E-state index is 0.803. The first kappa shape index (κ1) is 17.4. The molecule has 4 heteroatoms. The van der Waals surface area contributed by atoms with Gasteiger partial charge in [-0.25, -0.2) is 0 Å². The summed E-state index contributed by atoms with van der Waals surface area (Å²) in [5.74, 6) is 0. The SMILES string of the molecule is C=C(c1ccc(N2CCOCC2)cc1)c1ccc2c(c1)Nc1ccccc1S2. The maximum Gasteiger partial charge on any atom is 0.0642 e. The van der Waals surface area contributed by atoms with Gasteiger partial charge < -0.3 is 15.0 Å². The second kappa shape index (κ2) is 7.38. The Kier molecular flexibility index (Phi) is 4.59. The summed E-state index contributed by atoms with van der Waals surface area (Å²) in [7, 11) is 0. The highest BCUT2D eigenvalue weighted by molar-refractivity contribution is 7.99. The number of para-hydroxylation sites is 1. The van der Waals surface area contributed by atoms with Crippen LogP contribution in [0.25, 0.3) is 5.57 Å². The molecule has 0 spiro atoms. The van der Waals surface area contributed by atoms with Gasteiger partial charge in [-0.1, -0.05) is 48.7 Å². The van der Waals surface area contributed by atoms with Crippen LogP contribution in [-0.2, 0) is 4.74 Å². The number of hydrogen-bond acceptors (Lipinski definition) is 4. The number of hydrogen-bond donors (Lipinski definition) is 1. The number of nitrogens with one attached hydrogen (secondary N) is 1. The van der Waals surface area contributed by atoms with Gasteiger partial charge in [0.1, 0.15) is 0 Å². The Balaban J connectivity index is 1.37. The van der Waals surface area contributed by atoms with Crippen LogP contribution < -0.4 is 10.2 Å². The van der Waals surface area contributed by atoms with Gasteiger partial charge in [-0.3, -0.25) is 0 Å². The van der Waals surface area contributed by atoms with Crippen molar-refractivity contribution in [3.05, 3.63) is 84.4 Å². The highest BCUT2D eigenvalue weighted by atomic mass is 32.2. The third-order valence-electron chi connectivity index (χ3n) is 5.30. The van der Waals surface area contributed by atoms with Crippen molar-refractivity contribution in [2.45, 2.75) is 9.79 Å². The molecular weight excluding hydrogens is 364 g/mol. The Morgan fingerprint density at radius 3 is 2.39 bits per heavy atom. The Morgan fingerprint density at radius 1 is 0.857 bits per heavy atom. The largest absolute Gasteiger partial charge is 0.378 e. The zero-order chi connectivity index (χ0) is 18.9. The molecule has 3 nitrogen and oxygen atoms in total. The van der Waals surface area contributed by atoms with Crippen LogP contribution in [0.1, 0.15) is 11.1 Å². The number of nitrogens with zero attached hydrogens (tertiary/aromatic N) is 1. The van der Waals surface area contributed by atoms with Crippen LogP contribution in [0.3, 0.4) is 0 Å². The van der Waals surface area contributed by atoms with E-state index >= 15 is 0 Å². The van der Waals surface area contributed by atoms with E-state index in [1.54, 1.807) is 0 Å². The van der Waals surface area contributed by atoms with Crippen molar-refractivity contribution in [2.75, 3.05) is 36.5 Å². The summed E-state index contributed by atoms with van der Waals surface area (Å²) in [6, 6.07) is 23.7. The highest BCUT2D eigenvalue weighted by Gasteiger charge is 2.16. The zero-order valence-corrected chi connectivity index (χ0v) is 16.5. The molecule has 0 saturated carbocycles. The number of ether oxygens (including phenoxy) is 1. The molecule has 0 radical (unpaired) electrons. The molecule has 2 aliphatic rings. The van der Waals surface area contributed by atoms with Crippen molar-refractivity contribution >= 4 is 34.4 Å². The van der Waals surface area contributed by atoms with Crippen LogP contribution in [0.4, 0.5) is 17.1 Å². The van der Waals surface area contributed by atoms with Crippen LogP contribution in [0.2, 0.25) is 0 Å². The average molecular weight is 387 g/mol. The molecule has 3 aromatic carbocycles. The minimum Gasteiger partial charge on any atom is -0.378 e. The van der Waals surface area contributed by atoms with Gasteiger partial charge in [0.2, 0.25) is 0 Å². The van der Waals surface area contributed by atoms with E-state index in [0.717, 1.165) is 54.4 Å². The quantitative estimate of drug-likeness (QED) is 0.481. The third-order valence-corrected chi connectivity index (χ3v) is 6.45. The lowest BCUT2D eigenvalue weighted by atomic mass is 9.98. The molecule has 0 aliphatic carbocycles. The Labute approximate surface area is 170 Å². The molecule has 1 N–H and O–H groups in total. The Bertz CT molecular complexity index is 1020. The molecule has 2 heterocycles. The third kappa shape index (κ3) is 3.30. The van der Waals surface area contributed by atoms with Gasteiger partial charge >= 0.3 is 0 Å². The standard InChI is InChI=1S/C24H22N2OS/c1-17(18-6-9-20(10-7-18)26-12-14-27-15-13-26)19-8-11-24-22(16-19)25-21-4-2-3-5-23(21)28-24/h2-11,16,25H,1,12-15H2. The van der Waals surface area contributed by atoms with Crippen molar-refractivity contribution in [3.63, 3.8) is 0 Å². The van der Waals surface area contributed by atoms with Crippen LogP contribution in [-0.4, -0.2) is 26.3 Å². The van der Waals surface area contributed by atoms with Crippen molar-refractivity contribution in [2.24, 2.45) is 0 Å². The first-order chi connectivity index (χ1) is 13.8. The van der Waals surface area contributed by atoms with Crippen LogP contribution >= 0.6 is 11.8 Å². The fourth-order valence-electron chi connectivity index (χ4n) is 3.69. The summed E-state index contributed by atoms with van der Waals surface area (Å²) >= 11 is 1.81. The number of benzene rings is 3. The summed E-state index contributed by atoms with van der Waals surface area (Å²) in [4.78, 5) is 4.88. The van der Waals surface area contributed by atoms with E-state index in [4.69, 9.17) is 4.74 Å². The van der Waals surface area contributed by atoms with E-state index in [1.165, 1.54) is 15.5 Å². The lowest BCUT2D eigenvalue weighted by Crippen LogP contribution is -2.36. The molecule has 0 bridgehead atoms. The molecule has 2 aliphatic heterocycles. The summed E-state index contributed by atoms with van der Waals surface area (Å²) in [5, 5.41) is 3.56. The van der Waals surface area contributed by atoms with Crippen LogP contribution in [0, 0.1) is 0 Å². The van der Waals surface area contributed by atoms with Gasteiger partial charge in [-0.2, -0.15) is 0 Å². The van der Waals surface area contributed by atoms with Gasteiger partial charge in [0.15, 0.2) is 0 Å². The predicted molar refractivity (Wildman–Crippen MR) is 118 cm³/mol. The summed E-state index contributed by atoms with van der Waals surface area (Å²) in [5.41, 5.74) is 6.90. The molecule has 140 valence electrons. The molecular formula is C24H22N2OS. The second-order valence-corrected chi connectivity index (χ2v) is 8.14. The molecule has 0 atom stereocenters. The van der Waals surface area contributed by atoms with Gasteiger partial charge in [-0.15, -0.1) is 0 Å². The summed E-state index contributed by atoms with van der Waals surface area (Å²) < 4.78 is 5.44. The smallest absolute Gasteiger partial charge is 0.0642 e. The van der Waals surface area contributed by atoms with Crippen molar-refractivity contribution in [1.82, 2.24) is 0 Å². The molecule has 0 unspecified atom stereocenters. The predicted octanol–water partition coefficient (Wildman–Crippen LogP) is 5.79. The van der Waals surface area contributed by atoms with E-state index in [1.807, 2.05) is 11.8 Å². The van der Waals surface area contributed by atoms with E-state index < -0.39 is 0 Å². The first-order valence-electron chi connectivity index (χ1n) is 9.58. The number of fused-ring (bicyclic) bond motifs is 2. The molecule has 0 aromatic heterocycles. The number of morpholine rings is 1. The lowest BCUT2D eigenvalue weighted by Gasteiger charge is -2.29. The van der Waals surface area contributed by atoms with Gasteiger partial charge in [0, 0.05) is 28.6 Å².